The van der Waals surface area contributed by atoms with Gasteiger partial charge in [-0.05, 0) is 48.9 Å². The highest BCUT2D eigenvalue weighted by molar-refractivity contribution is 5.90. The lowest BCUT2D eigenvalue weighted by Crippen LogP contribution is -2.32. The van der Waals surface area contributed by atoms with Crippen LogP contribution in [0.3, 0.4) is 0 Å². The minimum absolute atomic E-state index is 0.0182. The Kier molecular flexibility index (Phi) is 4.84. The first-order valence-electron chi connectivity index (χ1n) is 8.29. The van der Waals surface area contributed by atoms with Crippen molar-refractivity contribution in [3.63, 3.8) is 0 Å². The van der Waals surface area contributed by atoms with Crippen molar-refractivity contribution >= 4 is 11.6 Å². The number of aromatic nitrogens is 2. The summed E-state index contributed by atoms with van der Waals surface area (Å²) < 4.78 is 39.2. The third-order valence-electron chi connectivity index (χ3n) is 4.37. The number of carbonyl (C=O) groups is 1. The highest BCUT2D eigenvalue weighted by Gasteiger charge is 2.30. The topological polar surface area (TPSA) is 64.0 Å². The Balaban J connectivity index is 1.74. The van der Waals surface area contributed by atoms with Crippen molar-refractivity contribution in [1.82, 2.24) is 9.78 Å². The summed E-state index contributed by atoms with van der Waals surface area (Å²) in [5.74, 6) is -0.119. The lowest BCUT2D eigenvalue weighted by molar-refractivity contribution is -0.137. The molecule has 0 bridgehead atoms. The van der Waals surface area contributed by atoms with Gasteiger partial charge < -0.3 is 5.32 Å². The molecule has 1 heterocycles. The standard InChI is InChI=1S/C18H18F3N3O2/c1-11-5-6-15-12(7-11)8-17(26)24(23-15)10-16(25)22-14-4-2-3-13(9-14)18(19,20)21/h2-4,8-9,11H,5-7,10H2,1H3,(H,22,25)/t11-/m1/s1. The van der Waals surface area contributed by atoms with Crippen LogP contribution < -0.4 is 10.9 Å². The lowest BCUT2D eigenvalue weighted by Gasteiger charge is -2.20. The zero-order valence-corrected chi connectivity index (χ0v) is 14.1. The summed E-state index contributed by atoms with van der Waals surface area (Å²) in [6, 6.07) is 5.84. The molecular formula is C18H18F3N3O2. The number of hydrogen-bond acceptors (Lipinski definition) is 3. The van der Waals surface area contributed by atoms with E-state index in [1.165, 1.54) is 18.2 Å². The Morgan fingerprint density at radius 1 is 1.35 bits per heavy atom. The zero-order chi connectivity index (χ0) is 18.9. The fraction of sp³-hybridized carbons (Fsp3) is 0.389. The van der Waals surface area contributed by atoms with Gasteiger partial charge in [-0.3, -0.25) is 9.59 Å². The Morgan fingerprint density at radius 3 is 2.85 bits per heavy atom. The van der Waals surface area contributed by atoms with Gasteiger partial charge in [0.1, 0.15) is 6.54 Å². The molecule has 1 aromatic heterocycles. The molecular weight excluding hydrogens is 347 g/mol. The fourth-order valence-electron chi connectivity index (χ4n) is 3.04. The Bertz CT molecular complexity index is 890. The van der Waals surface area contributed by atoms with Crippen LogP contribution in [0.25, 0.3) is 0 Å². The van der Waals surface area contributed by atoms with Crippen molar-refractivity contribution in [2.75, 3.05) is 5.32 Å². The van der Waals surface area contributed by atoms with Gasteiger partial charge in [0, 0.05) is 11.8 Å². The SMILES string of the molecule is C[C@@H]1CCc2nn(CC(=O)Nc3cccc(C(F)(F)F)c3)c(=O)cc2C1. The predicted octanol–water partition coefficient (Wildman–Crippen LogP) is 3.03. The van der Waals surface area contributed by atoms with Crippen LogP contribution in [0.5, 0.6) is 0 Å². The van der Waals surface area contributed by atoms with E-state index >= 15 is 0 Å². The molecule has 138 valence electrons. The molecule has 1 atom stereocenters. The fourth-order valence-corrected chi connectivity index (χ4v) is 3.04. The summed E-state index contributed by atoms with van der Waals surface area (Å²) in [4.78, 5) is 24.3. The number of anilines is 1. The first kappa shape index (κ1) is 18.2. The lowest BCUT2D eigenvalue weighted by atomic mass is 9.88. The number of amides is 1. The number of aryl methyl sites for hydroxylation is 1. The van der Waals surface area contributed by atoms with E-state index in [0.29, 0.717) is 5.92 Å². The Morgan fingerprint density at radius 2 is 2.12 bits per heavy atom. The van der Waals surface area contributed by atoms with Crippen LogP contribution in [0.2, 0.25) is 0 Å². The molecule has 0 saturated heterocycles. The molecule has 26 heavy (non-hydrogen) atoms. The van der Waals surface area contributed by atoms with Crippen LogP contribution in [0.4, 0.5) is 18.9 Å². The van der Waals surface area contributed by atoms with Gasteiger partial charge in [0.05, 0.1) is 11.3 Å². The zero-order valence-electron chi connectivity index (χ0n) is 14.1. The number of alkyl halides is 3. The number of halogens is 3. The van der Waals surface area contributed by atoms with Gasteiger partial charge in [-0.15, -0.1) is 0 Å². The molecule has 1 N–H and O–H groups in total. The van der Waals surface area contributed by atoms with E-state index in [4.69, 9.17) is 0 Å². The Labute approximate surface area is 147 Å². The van der Waals surface area contributed by atoms with Crippen molar-refractivity contribution in [2.24, 2.45) is 5.92 Å². The summed E-state index contributed by atoms with van der Waals surface area (Å²) in [6.45, 7) is 1.76. The molecule has 8 heteroatoms. The number of rotatable bonds is 3. The minimum Gasteiger partial charge on any atom is -0.324 e. The van der Waals surface area contributed by atoms with Gasteiger partial charge in [0.2, 0.25) is 5.91 Å². The molecule has 0 aliphatic heterocycles. The molecule has 2 aromatic rings. The van der Waals surface area contributed by atoms with Crippen LogP contribution in [0, 0.1) is 5.92 Å². The maximum atomic E-state index is 12.7. The highest BCUT2D eigenvalue weighted by Crippen LogP contribution is 2.30. The quantitative estimate of drug-likeness (QED) is 0.909. The smallest absolute Gasteiger partial charge is 0.324 e. The summed E-state index contributed by atoms with van der Waals surface area (Å²) in [5.41, 5.74) is 0.480. The molecule has 5 nitrogen and oxygen atoms in total. The molecule has 1 aliphatic carbocycles. The second kappa shape index (κ2) is 6.93. The van der Waals surface area contributed by atoms with Crippen molar-refractivity contribution in [1.29, 1.82) is 0 Å². The molecule has 1 aromatic carbocycles. The number of nitrogens with zero attached hydrogens (tertiary/aromatic N) is 2. The minimum atomic E-state index is -4.49. The third-order valence-corrected chi connectivity index (χ3v) is 4.37. The van der Waals surface area contributed by atoms with Crippen LogP contribution in [0.1, 0.15) is 30.2 Å². The largest absolute Gasteiger partial charge is 0.416 e. The van der Waals surface area contributed by atoms with Gasteiger partial charge in [-0.1, -0.05) is 13.0 Å². The van der Waals surface area contributed by atoms with E-state index in [2.05, 4.69) is 17.3 Å². The van der Waals surface area contributed by atoms with E-state index in [1.807, 2.05) is 0 Å². The second-order valence-corrected chi connectivity index (χ2v) is 6.59. The Hall–Kier alpha value is -2.64. The van der Waals surface area contributed by atoms with Crippen molar-refractivity contribution in [2.45, 2.75) is 38.9 Å². The molecule has 0 unspecified atom stereocenters. The summed E-state index contributed by atoms with van der Waals surface area (Å²) >= 11 is 0. The summed E-state index contributed by atoms with van der Waals surface area (Å²) in [5, 5.41) is 6.63. The van der Waals surface area contributed by atoms with E-state index in [-0.39, 0.29) is 12.2 Å². The molecule has 0 fully saturated rings. The van der Waals surface area contributed by atoms with Gasteiger partial charge in [-0.25, -0.2) is 4.68 Å². The summed E-state index contributed by atoms with van der Waals surface area (Å²) in [7, 11) is 0. The van der Waals surface area contributed by atoms with Crippen LogP contribution in [-0.4, -0.2) is 15.7 Å². The molecule has 0 radical (unpaired) electrons. The van der Waals surface area contributed by atoms with Gasteiger partial charge in [0.25, 0.3) is 5.56 Å². The molecule has 0 spiro atoms. The van der Waals surface area contributed by atoms with Gasteiger partial charge in [0.15, 0.2) is 0 Å². The van der Waals surface area contributed by atoms with E-state index in [0.717, 1.165) is 47.3 Å². The van der Waals surface area contributed by atoms with Crippen LogP contribution in [0.15, 0.2) is 35.1 Å². The second-order valence-electron chi connectivity index (χ2n) is 6.59. The van der Waals surface area contributed by atoms with Crippen LogP contribution in [-0.2, 0) is 30.4 Å². The van der Waals surface area contributed by atoms with Gasteiger partial charge >= 0.3 is 6.18 Å². The van der Waals surface area contributed by atoms with Crippen LogP contribution >= 0.6 is 0 Å². The van der Waals surface area contributed by atoms with Crippen molar-refractivity contribution < 1.29 is 18.0 Å². The van der Waals surface area contributed by atoms with Gasteiger partial charge in [-0.2, -0.15) is 18.3 Å². The number of carbonyl (C=O) groups excluding carboxylic acids is 1. The first-order valence-corrected chi connectivity index (χ1v) is 8.29. The monoisotopic (exact) mass is 365 g/mol. The molecule has 3 rings (SSSR count). The first-order chi connectivity index (χ1) is 12.2. The number of hydrogen-bond donors (Lipinski definition) is 1. The highest BCUT2D eigenvalue weighted by atomic mass is 19.4. The average Bonchev–Trinajstić information content (AvgIpc) is 2.55. The number of benzene rings is 1. The molecule has 1 amide bonds. The normalized spacial score (nSPS) is 16.8. The van der Waals surface area contributed by atoms with E-state index in [9.17, 15) is 22.8 Å². The average molecular weight is 365 g/mol. The third kappa shape index (κ3) is 4.12. The van der Waals surface area contributed by atoms with Crippen molar-refractivity contribution in [3.05, 3.63) is 57.5 Å². The van der Waals surface area contributed by atoms with Crippen molar-refractivity contribution in [3.8, 4) is 0 Å². The molecule has 1 aliphatic rings. The maximum absolute atomic E-state index is 12.7. The van der Waals surface area contributed by atoms with E-state index in [1.54, 1.807) is 0 Å². The molecule has 0 saturated carbocycles. The predicted molar refractivity (Wildman–Crippen MR) is 89.8 cm³/mol. The maximum Gasteiger partial charge on any atom is 0.416 e. The number of fused-ring (bicyclic) bond motifs is 1. The number of nitrogens with one attached hydrogen (secondary N) is 1. The summed E-state index contributed by atoms with van der Waals surface area (Å²) in [6.07, 6.45) is -2.00. The van der Waals surface area contributed by atoms with E-state index < -0.39 is 23.2 Å².